The summed E-state index contributed by atoms with van der Waals surface area (Å²) >= 11 is 1.66. The lowest BCUT2D eigenvalue weighted by molar-refractivity contribution is 0.100. The molecule has 1 atom stereocenters. The molecule has 1 unspecified atom stereocenters. The quantitative estimate of drug-likeness (QED) is 0.675. The van der Waals surface area contributed by atoms with Gasteiger partial charge >= 0.3 is 0 Å². The molecule has 0 saturated heterocycles. The molecule has 0 spiro atoms. The van der Waals surface area contributed by atoms with E-state index in [1.54, 1.807) is 11.3 Å². The highest BCUT2D eigenvalue weighted by atomic mass is 32.1. The van der Waals surface area contributed by atoms with E-state index < -0.39 is 11.7 Å². The number of nitrogens with one attached hydrogen (secondary N) is 2. The zero-order valence-electron chi connectivity index (χ0n) is 12.4. The minimum atomic E-state index is -0.684. The number of aromatic amines is 1. The maximum absolute atomic E-state index is 13.6. The average molecular weight is 330 g/mol. The number of thiophene rings is 1. The predicted octanol–water partition coefficient (Wildman–Crippen LogP) is 2.74. The van der Waals surface area contributed by atoms with Gasteiger partial charge in [-0.05, 0) is 43.7 Å². The van der Waals surface area contributed by atoms with Crippen molar-refractivity contribution in [3.05, 3.63) is 40.0 Å². The Labute approximate surface area is 135 Å². The molecule has 23 heavy (non-hydrogen) atoms. The lowest BCUT2D eigenvalue weighted by atomic mass is 10.1. The number of fused-ring (bicyclic) bond motifs is 2. The van der Waals surface area contributed by atoms with Crippen LogP contribution >= 0.6 is 11.3 Å². The molecule has 4 rings (SSSR count). The Kier molecular flexibility index (Phi) is 3.21. The predicted molar refractivity (Wildman–Crippen MR) is 88.0 cm³/mol. The summed E-state index contributed by atoms with van der Waals surface area (Å²) in [6.07, 6.45) is 0.984. The monoisotopic (exact) mass is 330 g/mol. The van der Waals surface area contributed by atoms with E-state index in [2.05, 4.69) is 28.3 Å². The Morgan fingerprint density at radius 3 is 3.00 bits per heavy atom. The number of nitrogens with zero attached hydrogens (tertiary/aromatic N) is 1. The van der Waals surface area contributed by atoms with Gasteiger partial charge in [0.05, 0.1) is 16.0 Å². The summed E-state index contributed by atoms with van der Waals surface area (Å²) < 4.78 is 13.6. The second-order valence-electron chi connectivity index (χ2n) is 5.73. The number of rotatable bonds is 2. The maximum Gasteiger partial charge on any atom is 0.251 e. The van der Waals surface area contributed by atoms with Crippen molar-refractivity contribution in [3.8, 4) is 10.7 Å². The maximum atomic E-state index is 13.6. The van der Waals surface area contributed by atoms with E-state index in [4.69, 9.17) is 5.73 Å². The highest BCUT2D eigenvalue weighted by molar-refractivity contribution is 7.15. The Hall–Kier alpha value is -2.25. The Balaban J connectivity index is 1.87. The molecule has 1 aromatic carbocycles. The molecule has 4 N–H and O–H groups in total. The summed E-state index contributed by atoms with van der Waals surface area (Å²) in [4.78, 5) is 21.4. The first-order valence-corrected chi connectivity index (χ1v) is 8.20. The number of imidazole rings is 1. The van der Waals surface area contributed by atoms with Crippen molar-refractivity contribution in [2.45, 2.75) is 19.4 Å². The summed E-state index contributed by atoms with van der Waals surface area (Å²) in [6.45, 7) is 3.10. The third-order valence-electron chi connectivity index (χ3n) is 4.13. The van der Waals surface area contributed by atoms with Crippen molar-refractivity contribution in [3.63, 3.8) is 0 Å². The van der Waals surface area contributed by atoms with Gasteiger partial charge in [0.15, 0.2) is 0 Å². The van der Waals surface area contributed by atoms with Gasteiger partial charge in [-0.15, -0.1) is 11.3 Å². The normalized spacial score (nSPS) is 17.4. The number of hydrogen-bond donors (Lipinski definition) is 3. The van der Waals surface area contributed by atoms with Gasteiger partial charge in [0.1, 0.15) is 17.2 Å². The highest BCUT2D eigenvalue weighted by Gasteiger charge is 2.21. The molecule has 0 bridgehead atoms. The van der Waals surface area contributed by atoms with Crippen molar-refractivity contribution < 1.29 is 9.18 Å². The molecule has 7 heteroatoms. The zero-order valence-corrected chi connectivity index (χ0v) is 13.3. The van der Waals surface area contributed by atoms with E-state index in [9.17, 15) is 9.18 Å². The minimum Gasteiger partial charge on any atom is -0.366 e. The smallest absolute Gasteiger partial charge is 0.251 e. The van der Waals surface area contributed by atoms with Gasteiger partial charge in [0.25, 0.3) is 5.91 Å². The van der Waals surface area contributed by atoms with Crippen LogP contribution in [-0.4, -0.2) is 22.4 Å². The second-order valence-corrected chi connectivity index (χ2v) is 6.81. The number of nitrogens with two attached hydrogens (primary N) is 1. The minimum absolute atomic E-state index is 0.0962. The molecule has 1 aliphatic heterocycles. The molecule has 0 saturated carbocycles. The van der Waals surface area contributed by atoms with Gasteiger partial charge in [0.2, 0.25) is 0 Å². The van der Waals surface area contributed by atoms with E-state index in [0.717, 1.165) is 23.9 Å². The summed E-state index contributed by atoms with van der Waals surface area (Å²) in [5.41, 5.74) is 7.63. The molecule has 3 aromatic rings. The Morgan fingerprint density at radius 2 is 2.26 bits per heavy atom. The third kappa shape index (κ3) is 2.32. The number of carbonyl (C=O) groups is 1. The van der Waals surface area contributed by atoms with Crippen molar-refractivity contribution in [1.82, 2.24) is 15.3 Å². The largest absolute Gasteiger partial charge is 0.366 e. The van der Waals surface area contributed by atoms with Gasteiger partial charge in [-0.25, -0.2) is 9.37 Å². The van der Waals surface area contributed by atoms with Crippen molar-refractivity contribution in [2.24, 2.45) is 5.73 Å². The van der Waals surface area contributed by atoms with Gasteiger partial charge in [-0.3, -0.25) is 4.79 Å². The molecular weight excluding hydrogens is 315 g/mol. The number of benzene rings is 1. The summed E-state index contributed by atoms with van der Waals surface area (Å²) in [5, 5.41) is 3.43. The molecular formula is C16H15FN4OS. The molecule has 0 fully saturated rings. The van der Waals surface area contributed by atoms with Gasteiger partial charge in [-0.2, -0.15) is 0 Å². The SMILES string of the molecule is CC1NCCc2cc(-c3nc4c(C(N)=O)cc(F)cc4[nH]3)sc21. The first-order chi connectivity index (χ1) is 11.0. The van der Waals surface area contributed by atoms with Crippen LogP contribution < -0.4 is 11.1 Å². The number of primary amides is 1. The number of amides is 1. The van der Waals surface area contributed by atoms with Crippen LogP contribution in [0.15, 0.2) is 18.2 Å². The molecule has 0 radical (unpaired) electrons. The van der Waals surface area contributed by atoms with Crippen molar-refractivity contribution in [1.29, 1.82) is 0 Å². The lowest BCUT2D eigenvalue weighted by Gasteiger charge is -2.19. The molecule has 1 amide bonds. The fourth-order valence-electron chi connectivity index (χ4n) is 3.02. The van der Waals surface area contributed by atoms with E-state index in [1.165, 1.54) is 16.5 Å². The number of H-pyrrole nitrogens is 1. The Bertz CT molecular complexity index is 930. The van der Waals surface area contributed by atoms with E-state index in [-0.39, 0.29) is 5.56 Å². The van der Waals surface area contributed by atoms with Crippen LogP contribution in [0.1, 0.15) is 33.8 Å². The summed E-state index contributed by atoms with van der Waals surface area (Å²) in [6, 6.07) is 4.90. The zero-order chi connectivity index (χ0) is 16.1. The first kappa shape index (κ1) is 14.3. The van der Waals surface area contributed by atoms with Crippen LogP contribution in [-0.2, 0) is 6.42 Å². The number of hydrogen-bond acceptors (Lipinski definition) is 4. The standard InChI is InChI=1S/C16H15FN4OS/c1-7-14-8(2-3-19-7)4-12(23-14)16-20-11-6-9(17)5-10(15(18)22)13(11)21-16/h4-7,19H,2-3H2,1H3,(H2,18,22)(H,20,21). The van der Waals surface area contributed by atoms with Crippen molar-refractivity contribution in [2.75, 3.05) is 6.54 Å². The molecule has 3 heterocycles. The molecule has 2 aromatic heterocycles. The lowest BCUT2D eigenvalue weighted by Crippen LogP contribution is -2.26. The molecule has 1 aliphatic rings. The van der Waals surface area contributed by atoms with Crippen LogP contribution in [0, 0.1) is 5.82 Å². The summed E-state index contributed by atoms with van der Waals surface area (Å²) in [5.74, 6) is -0.555. The van der Waals surface area contributed by atoms with E-state index in [0.29, 0.717) is 22.9 Å². The fourth-order valence-corrected chi connectivity index (χ4v) is 4.21. The number of halogens is 1. The van der Waals surface area contributed by atoms with E-state index >= 15 is 0 Å². The molecule has 5 nitrogen and oxygen atoms in total. The summed E-state index contributed by atoms with van der Waals surface area (Å²) in [7, 11) is 0. The molecule has 118 valence electrons. The van der Waals surface area contributed by atoms with Crippen LogP contribution in [0.25, 0.3) is 21.7 Å². The number of aromatic nitrogens is 2. The molecule has 0 aliphatic carbocycles. The second kappa shape index (κ2) is 5.14. The topological polar surface area (TPSA) is 83.8 Å². The fraction of sp³-hybridized carbons (Fsp3) is 0.250. The van der Waals surface area contributed by atoms with Crippen molar-refractivity contribution >= 4 is 28.3 Å². The van der Waals surface area contributed by atoms with Gasteiger partial charge in [0, 0.05) is 10.9 Å². The first-order valence-electron chi connectivity index (χ1n) is 7.38. The third-order valence-corrected chi connectivity index (χ3v) is 5.50. The highest BCUT2D eigenvalue weighted by Crippen LogP contribution is 2.36. The van der Waals surface area contributed by atoms with Gasteiger partial charge in [-0.1, -0.05) is 0 Å². The Morgan fingerprint density at radius 1 is 1.43 bits per heavy atom. The van der Waals surface area contributed by atoms with Crippen LogP contribution in [0.3, 0.4) is 0 Å². The van der Waals surface area contributed by atoms with Crippen LogP contribution in [0.5, 0.6) is 0 Å². The van der Waals surface area contributed by atoms with Crippen LogP contribution in [0.4, 0.5) is 4.39 Å². The van der Waals surface area contributed by atoms with Crippen LogP contribution in [0.2, 0.25) is 0 Å². The average Bonchev–Trinajstić information content (AvgIpc) is 3.10. The number of carbonyl (C=O) groups excluding carboxylic acids is 1. The van der Waals surface area contributed by atoms with Gasteiger partial charge < -0.3 is 16.0 Å². The van der Waals surface area contributed by atoms with E-state index in [1.807, 2.05) is 0 Å².